The van der Waals surface area contributed by atoms with E-state index >= 15 is 0 Å². The monoisotopic (exact) mass is 520 g/mol. The van der Waals surface area contributed by atoms with Crippen LogP contribution in [-0.2, 0) is 19.0 Å². The molecule has 0 amide bonds. The second-order valence-corrected chi connectivity index (χ2v) is 13.5. The normalized spacial score (nSPS) is 55.6. The first-order chi connectivity index (χ1) is 17.5. The maximum atomic E-state index is 12.4. The predicted octanol–water partition coefficient (Wildman–Crippen LogP) is 2.46. The summed E-state index contributed by atoms with van der Waals surface area (Å²) in [4.78, 5) is 11.8. The molecular formula is C29H44O8. The van der Waals surface area contributed by atoms with Crippen molar-refractivity contribution in [2.75, 3.05) is 6.61 Å². The van der Waals surface area contributed by atoms with Gasteiger partial charge in [-0.05, 0) is 93.0 Å². The zero-order chi connectivity index (χ0) is 26.3. The molecule has 0 spiro atoms. The molecule has 6 rings (SSSR count). The SMILES string of the molecule is C[C@H]1O[C@@H](O[C@H]2CC[C@]3(C)C4C[C@@H](O)[C@]5(C)[C@@H](C6=CC(=O)OC6)CC[C@]5(O)C4CC[C@@H]3C2)C[C@H](O)[C@@H]1O. The lowest BCUT2D eigenvalue weighted by Crippen LogP contribution is -2.67. The number of ether oxygens (including phenoxy) is 3. The van der Waals surface area contributed by atoms with Gasteiger partial charge in [-0.3, -0.25) is 0 Å². The molecule has 4 saturated carbocycles. The summed E-state index contributed by atoms with van der Waals surface area (Å²) in [7, 11) is 0. The minimum Gasteiger partial charge on any atom is -0.458 e. The van der Waals surface area contributed by atoms with E-state index in [-0.39, 0.29) is 48.3 Å². The molecule has 0 aromatic rings. The lowest BCUT2D eigenvalue weighted by molar-refractivity contribution is -0.274. The van der Waals surface area contributed by atoms with Crippen molar-refractivity contribution in [1.82, 2.24) is 0 Å². The van der Waals surface area contributed by atoms with Crippen LogP contribution in [0, 0.1) is 34.5 Å². The van der Waals surface area contributed by atoms with Gasteiger partial charge in [0, 0.05) is 17.9 Å². The Hall–Kier alpha value is -1.03. The minimum absolute atomic E-state index is 0.0149. The van der Waals surface area contributed by atoms with Gasteiger partial charge in [0.05, 0.1) is 30.0 Å². The molecule has 5 fully saturated rings. The van der Waals surface area contributed by atoms with E-state index in [0.717, 1.165) is 44.1 Å². The van der Waals surface area contributed by atoms with Gasteiger partial charge in [0.2, 0.25) is 0 Å². The number of hydrogen-bond acceptors (Lipinski definition) is 8. The van der Waals surface area contributed by atoms with Crippen LogP contribution >= 0.6 is 0 Å². The van der Waals surface area contributed by atoms with Crippen molar-refractivity contribution in [2.45, 2.75) is 121 Å². The summed E-state index contributed by atoms with van der Waals surface area (Å²) in [6.07, 6.45) is 5.37. The number of cyclic esters (lactones) is 1. The average molecular weight is 521 g/mol. The Balaban J connectivity index is 1.18. The maximum absolute atomic E-state index is 12.4. The number of carbonyl (C=O) groups is 1. The topological polar surface area (TPSA) is 126 Å². The number of carbonyl (C=O) groups excluding carboxylic acids is 1. The van der Waals surface area contributed by atoms with E-state index < -0.39 is 41.7 Å². The van der Waals surface area contributed by atoms with Crippen molar-refractivity contribution >= 4 is 5.97 Å². The lowest BCUT2D eigenvalue weighted by Gasteiger charge is -2.65. The molecule has 37 heavy (non-hydrogen) atoms. The molecule has 2 heterocycles. The van der Waals surface area contributed by atoms with E-state index in [1.54, 1.807) is 13.0 Å². The lowest BCUT2D eigenvalue weighted by atomic mass is 9.42. The van der Waals surface area contributed by atoms with Crippen LogP contribution in [0.4, 0.5) is 0 Å². The van der Waals surface area contributed by atoms with Gasteiger partial charge in [0.25, 0.3) is 0 Å². The van der Waals surface area contributed by atoms with Crippen LogP contribution in [0.5, 0.6) is 0 Å². The molecule has 2 unspecified atom stereocenters. The Kier molecular flexibility index (Phi) is 6.37. The Bertz CT molecular complexity index is 940. The third-order valence-electron chi connectivity index (χ3n) is 12.0. The zero-order valence-electron chi connectivity index (χ0n) is 22.3. The summed E-state index contributed by atoms with van der Waals surface area (Å²) in [5, 5.41) is 44.2. The Morgan fingerprint density at radius 3 is 2.49 bits per heavy atom. The number of fused-ring (bicyclic) bond motifs is 5. The van der Waals surface area contributed by atoms with Crippen molar-refractivity contribution in [1.29, 1.82) is 0 Å². The van der Waals surface area contributed by atoms with E-state index in [0.29, 0.717) is 18.8 Å². The molecular weight excluding hydrogens is 476 g/mol. The van der Waals surface area contributed by atoms with Crippen LogP contribution in [0.25, 0.3) is 0 Å². The summed E-state index contributed by atoms with van der Waals surface area (Å²) in [5.41, 5.74) is -0.703. The van der Waals surface area contributed by atoms with Crippen LogP contribution < -0.4 is 0 Å². The van der Waals surface area contributed by atoms with Gasteiger partial charge in [-0.1, -0.05) is 13.8 Å². The van der Waals surface area contributed by atoms with E-state index in [1.807, 2.05) is 6.92 Å². The highest BCUT2D eigenvalue weighted by Crippen LogP contribution is 2.70. The van der Waals surface area contributed by atoms with Gasteiger partial charge in [0.15, 0.2) is 6.29 Å². The summed E-state index contributed by atoms with van der Waals surface area (Å²) in [6, 6.07) is 0. The molecule has 208 valence electrons. The van der Waals surface area contributed by atoms with Gasteiger partial charge in [-0.15, -0.1) is 0 Å². The second kappa shape index (κ2) is 9.00. The minimum atomic E-state index is -0.961. The first kappa shape index (κ1) is 26.2. The highest BCUT2D eigenvalue weighted by Gasteiger charge is 2.70. The van der Waals surface area contributed by atoms with Gasteiger partial charge in [-0.2, -0.15) is 0 Å². The number of aliphatic hydroxyl groups is 4. The molecule has 4 N–H and O–H groups in total. The van der Waals surface area contributed by atoms with Crippen molar-refractivity contribution < 1.29 is 39.4 Å². The predicted molar refractivity (Wildman–Crippen MR) is 133 cm³/mol. The second-order valence-electron chi connectivity index (χ2n) is 13.5. The quantitative estimate of drug-likeness (QED) is 0.330. The van der Waals surface area contributed by atoms with Crippen LogP contribution in [0.15, 0.2) is 11.6 Å². The molecule has 0 bridgehead atoms. The summed E-state index contributed by atoms with van der Waals surface area (Å²) < 4.78 is 17.4. The fourth-order valence-corrected chi connectivity index (χ4v) is 9.80. The molecule has 6 aliphatic rings. The third-order valence-corrected chi connectivity index (χ3v) is 12.0. The molecule has 2 aliphatic heterocycles. The van der Waals surface area contributed by atoms with Crippen LogP contribution in [-0.4, -0.2) is 75.4 Å². The van der Waals surface area contributed by atoms with Crippen molar-refractivity contribution in [2.24, 2.45) is 34.5 Å². The standard InChI is InChI=1S/C29H44O8/c1-15-26(33)22(30)13-25(36-15)37-18-6-8-27(2)17(11-18)4-5-20-21(27)12-23(31)28(3)19(7-9-29(20,28)34)16-10-24(32)35-14-16/h10,15,17-23,25-26,30-31,33-34H,4-9,11-14H2,1-3H3/t15-,17-,18+,19-,20?,21?,22+,23-,25+,26-,27+,28+,29+/m1/s1. The summed E-state index contributed by atoms with van der Waals surface area (Å²) in [5.74, 6) is 0.439. The zero-order valence-corrected chi connectivity index (χ0v) is 22.3. The number of rotatable bonds is 3. The van der Waals surface area contributed by atoms with E-state index in [4.69, 9.17) is 14.2 Å². The third kappa shape index (κ3) is 3.80. The molecule has 8 heteroatoms. The molecule has 8 nitrogen and oxygen atoms in total. The fraction of sp³-hybridized carbons (Fsp3) is 0.897. The molecule has 0 radical (unpaired) electrons. The molecule has 1 saturated heterocycles. The first-order valence-electron chi connectivity index (χ1n) is 14.4. The van der Waals surface area contributed by atoms with Crippen molar-refractivity contribution in [3.8, 4) is 0 Å². The number of hydrogen-bond donors (Lipinski definition) is 4. The number of aliphatic hydroxyl groups excluding tert-OH is 3. The maximum Gasteiger partial charge on any atom is 0.331 e. The Morgan fingerprint density at radius 1 is 1.00 bits per heavy atom. The smallest absolute Gasteiger partial charge is 0.331 e. The highest BCUT2D eigenvalue weighted by molar-refractivity contribution is 5.85. The molecule has 13 atom stereocenters. The van der Waals surface area contributed by atoms with Crippen LogP contribution in [0.3, 0.4) is 0 Å². The molecule has 0 aromatic carbocycles. The van der Waals surface area contributed by atoms with Crippen LogP contribution in [0.1, 0.15) is 78.6 Å². The Labute approximate surface area is 219 Å². The average Bonchev–Trinajstić information content (AvgIpc) is 3.39. The van der Waals surface area contributed by atoms with Crippen molar-refractivity contribution in [3.63, 3.8) is 0 Å². The molecule has 4 aliphatic carbocycles. The van der Waals surface area contributed by atoms with E-state index in [1.165, 1.54) is 0 Å². The van der Waals surface area contributed by atoms with Gasteiger partial charge in [0.1, 0.15) is 12.7 Å². The first-order valence-corrected chi connectivity index (χ1v) is 14.4. The van der Waals surface area contributed by atoms with Gasteiger partial charge < -0.3 is 34.6 Å². The van der Waals surface area contributed by atoms with E-state index in [9.17, 15) is 25.2 Å². The summed E-state index contributed by atoms with van der Waals surface area (Å²) in [6.45, 7) is 6.44. The molecule has 0 aromatic heterocycles. The van der Waals surface area contributed by atoms with Crippen LogP contribution in [0.2, 0.25) is 0 Å². The summed E-state index contributed by atoms with van der Waals surface area (Å²) >= 11 is 0. The van der Waals surface area contributed by atoms with Crippen molar-refractivity contribution in [3.05, 3.63) is 11.6 Å². The number of esters is 1. The highest BCUT2D eigenvalue weighted by atomic mass is 16.7. The van der Waals surface area contributed by atoms with Gasteiger partial charge in [-0.25, -0.2) is 4.79 Å². The van der Waals surface area contributed by atoms with Gasteiger partial charge >= 0.3 is 5.97 Å². The van der Waals surface area contributed by atoms with E-state index in [2.05, 4.69) is 6.92 Å². The largest absolute Gasteiger partial charge is 0.458 e. The fourth-order valence-electron chi connectivity index (χ4n) is 9.80. The Morgan fingerprint density at radius 2 is 1.78 bits per heavy atom.